The zero-order valence-corrected chi connectivity index (χ0v) is 15.5. The zero-order chi connectivity index (χ0) is 17.6. The molecule has 5 heteroatoms. The molecule has 1 aliphatic rings. The lowest BCUT2D eigenvalue weighted by Crippen LogP contribution is -2.47. The van der Waals surface area contributed by atoms with E-state index in [2.05, 4.69) is 20.8 Å². The fraction of sp³-hybridized carbons (Fsp3) is 0.250. The van der Waals surface area contributed by atoms with Crippen LogP contribution in [-0.2, 0) is 11.3 Å². The smallest absolute Gasteiger partial charge is 0.246 e. The molecule has 2 aromatic carbocycles. The van der Waals surface area contributed by atoms with Crippen LogP contribution in [0.1, 0.15) is 11.1 Å². The molecule has 1 aliphatic heterocycles. The van der Waals surface area contributed by atoms with E-state index in [1.807, 2.05) is 41.3 Å². The van der Waals surface area contributed by atoms with Gasteiger partial charge in [-0.2, -0.15) is 0 Å². The molecule has 3 rings (SSSR count). The van der Waals surface area contributed by atoms with E-state index in [0.717, 1.165) is 28.7 Å². The molecule has 1 amide bonds. The number of benzene rings is 2. The first-order chi connectivity index (χ1) is 12.1. The van der Waals surface area contributed by atoms with Crippen LogP contribution in [0.3, 0.4) is 0 Å². The van der Waals surface area contributed by atoms with Gasteiger partial charge in [0.2, 0.25) is 5.91 Å². The molecule has 130 valence electrons. The molecule has 1 saturated heterocycles. The maximum Gasteiger partial charge on any atom is 0.246 e. The van der Waals surface area contributed by atoms with Crippen LogP contribution in [0.2, 0.25) is 0 Å². The van der Waals surface area contributed by atoms with Crippen molar-refractivity contribution in [3.8, 4) is 0 Å². The maximum atomic E-state index is 13.3. The highest BCUT2D eigenvalue weighted by atomic mass is 79.9. The Bertz CT molecular complexity index is 753. The van der Waals surface area contributed by atoms with Gasteiger partial charge in [0.15, 0.2) is 0 Å². The number of rotatable bonds is 4. The van der Waals surface area contributed by atoms with E-state index in [0.29, 0.717) is 19.6 Å². The van der Waals surface area contributed by atoms with Gasteiger partial charge in [0.1, 0.15) is 5.82 Å². The minimum absolute atomic E-state index is 0.0355. The monoisotopic (exact) mass is 402 g/mol. The topological polar surface area (TPSA) is 23.6 Å². The molecule has 25 heavy (non-hydrogen) atoms. The molecule has 3 nitrogen and oxygen atoms in total. The van der Waals surface area contributed by atoms with E-state index in [-0.39, 0.29) is 11.7 Å². The van der Waals surface area contributed by atoms with Crippen LogP contribution in [0.15, 0.2) is 59.1 Å². The summed E-state index contributed by atoms with van der Waals surface area (Å²) in [7, 11) is 0. The predicted molar refractivity (Wildman–Crippen MR) is 101 cm³/mol. The number of nitrogens with zero attached hydrogens (tertiary/aromatic N) is 2. The van der Waals surface area contributed by atoms with Crippen molar-refractivity contribution >= 4 is 27.9 Å². The second-order valence-corrected chi connectivity index (χ2v) is 7.03. The Kier molecular flexibility index (Phi) is 6.00. The number of piperazine rings is 1. The van der Waals surface area contributed by atoms with Crippen LogP contribution >= 0.6 is 15.9 Å². The minimum Gasteiger partial charge on any atom is -0.337 e. The SMILES string of the molecule is O=C(C=Cc1ccc(Br)cc1)N1CCN(Cc2cccc(F)c2)CC1. The Hall–Kier alpha value is -1.98. The van der Waals surface area contributed by atoms with Crippen LogP contribution in [0.5, 0.6) is 0 Å². The van der Waals surface area contributed by atoms with Crippen LogP contribution in [0, 0.1) is 5.82 Å². The molecule has 0 radical (unpaired) electrons. The second-order valence-electron chi connectivity index (χ2n) is 6.12. The number of hydrogen-bond donors (Lipinski definition) is 0. The third-order valence-corrected chi connectivity index (χ3v) is 4.80. The fourth-order valence-electron chi connectivity index (χ4n) is 2.87. The highest BCUT2D eigenvalue weighted by Crippen LogP contribution is 2.13. The maximum absolute atomic E-state index is 13.3. The molecule has 0 spiro atoms. The fourth-order valence-corrected chi connectivity index (χ4v) is 3.13. The zero-order valence-electron chi connectivity index (χ0n) is 13.9. The summed E-state index contributed by atoms with van der Waals surface area (Å²) in [6, 6.07) is 14.5. The van der Waals surface area contributed by atoms with E-state index in [9.17, 15) is 9.18 Å². The number of carbonyl (C=O) groups is 1. The van der Waals surface area contributed by atoms with E-state index in [1.54, 1.807) is 18.2 Å². The lowest BCUT2D eigenvalue weighted by atomic mass is 10.2. The average Bonchev–Trinajstić information content (AvgIpc) is 2.62. The van der Waals surface area contributed by atoms with Crippen molar-refractivity contribution in [2.75, 3.05) is 26.2 Å². The normalized spacial score (nSPS) is 15.7. The van der Waals surface area contributed by atoms with E-state index in [1.165, 1.54) is 6.07 Å². The summed E-state index contributed by atoms with van der Waals surface area (Å²) >= 11 is 3.40. The van der Waals surface area contributed by atoms with Crippen molar-refractivity contribution in [1.29, 1.82) is 0 Å². The van der Waals surface area contributed by atoms with Gasteiger partial charge in [-0.15, -0.1) is 0 Å². The minimum atomic E-state index is -0.204. The molecule has 0 aromatic heterocycles. The number of carbonyl (C=O) groups excluding carboxylic acids is 1. The Morgan fingerprint density at radius 3 is 2.48 bits per heavy atom. The largest absolute Gasteiger partial charge is 0.337 e. The molecule has 0 bridgehead atoms. The molecule has 0 saturated carbocycles. The van der Waals surface area contributed by atoms with Crippen LogP contribution in [0.25, 0.3) is 6.08 Å². The van der Waals surface area contributed by atoms with Crippen molar-refractivity contribution in [2.45, 2.75) is 6.54 Å². The summed E-state index contributed by atoms with van der Waals surface area (Å²) < 4.78 is 14.3. The standard InChI is InChI=1S/C20H20BrFN2O/c21-18-7-4-16(5-8-18)6-9-20(25)24-12-10-23(11-13-24)15-17-2-1-3-19(22)14-17/h1-9,14H,10-13,15H2. The summed E-state index contributed by atoms with van der Waals surface area (Å²) in [5.41, 5.74) is 1.97. The average molecular weight is 403 g/mol. The van der Waals surface area contributed by atoms with Gasteiger partial charge in [-0.1, -0.05) is 40.2 Å². The Morgan fingerprint density at radius 1 is 1.08 bits per heavy atom. The number of halogens is 2. The lowest BCUT2D eigenvalue weighted by molar-refractivity contribution is -0.127. The second kappa shape index (κ2) is 8.41. The van der Waals surface area contributed by atoms with E-state index < -0.39 is 0 Å². The van der Waals surface area contributed by atoms with Crippen LogP contribution < -0.4 is 0 Å². The highest BCUT2D eigenvalue weighted by Gasteiger charge is 2.19. The summed E-state index contributed by atoms with van der Waals surface area (Å²) in [6.45, 7) is 3.70. The molecule has 0 aliphatic carbocycles. The summed E-state index contributed by atoms with van der Waals surface area (Å²) in [5, 5.41) is 0. The Labute approximate surface area is 155 Å². The summed E-state index contributed by atoms with van der Waals surface area (Å²) in [4.78, 5) is 16.4. The van der Waals surface area contributed by atoms with Gasteiger partial charge in [-0.05, 0) is 41.5 Å². The molecule has 1 heterocycles. The number of hydrogen-bond acceptors (Lipinski definition) is 2. The van der Waals surface area contributed by atoms with Crippen molar-refractivity contribution in [3.05, 3.63) is 76.0 Å². The third-order valence-electron chi connectivity index (χ3n) is 4.27. The van der Waals surface area contributed by atoms with Crippen molar-refractivity contribution in [1.82, 2.24) is 9.80 Å². The predicted octanol–water partition coefficient (Wildman–Crippen LogP) is 3.95. The van der Waals surface area contributed by atoms with Gasteiger partial charge in [0, 0.05) is 43.3 Å². The molecule has 0 N–H and O–H groups in total. The van der Waals surface area contributed by atoms with Gasteiger partial charge in [-0.25, -0.2) is 4.39 Å². The van der Waals surface area contributed by atoms with Crippen molar-refractivity contribution in [2.24, 2.45) is 0 Å². The molecule has 0 unspecified atom stereocenters. The van der Waals surface area contributed by atoms with E-state index >= 15 is 0 Å². The van der Waals surface area contributed by atoms with Crippen LogP contribution in [-0.4, -0.2) is 41.9 Å². The Balaban J connectivity index is 1.49. The van der Waals surface area contributed by atoms with Gasteiger partial charge in [-0.3, -0.25) is 9.69 Å². The quantitative estimate of drug-likeness (QED) is 0.722. The first-order valence-corrected chi connectivity index (χ1v) is 9.09. The van der Waals surface area contributed by atoms with Crippen LogP contribution in [0.4, 0.5) is 4.39 Å². The highest BCUT2D eigenvalue weighted by molar-refractivity contribution is 9.10. The number of amides is 1. The molecule has 0 atom stereocenters. The first kappa shape index (κ1) is 17.8. The molecular formula is C20H20BrFN2O. The van der Waals surface area contributed by atoms with Gasteiger partial charge in [0.25, 0.3) is 0 Å². The van der Waals surface area contributed by atoms with Crippen molar-refractivity contribution in [3.63, 3.8) is 0 Å². The van der Waals surface area contributed by atoms with Gasteiger partial charge < -0.3 is 4.90 Å². The molecule has 2 aromatic rings. The first-order valence-electron chi connectivity index (χ1n) is 8.29. The molecule has 1 fully saturated rings. The summed E-state index contributed by atoms with van der Waals surface area (Å²) in [5.74, 6) is -0.169. The van der Waals surface area contributed by atoms with E-state index in [4.69, 9.17) is 0 Å². The summed E-state index contributed by atoms with van der Waals surface area (Å²) in [6.07, 6.45) is 3.47. The Morgan fingerprint density at radius 2 is 1.80 bits per heavy atom. The lowest BCUT2D eigenvalue weighted by Gasteiger charge is -2.34. The van der Waals surface area contributed by atoms with Crippen molar-refractivity contribution < 1.29 is 9.18 Å². The third kappa shape index (κ3) is 5.25. The van der Waals surface area contributed by atoms with Gasteiger partial charge >= 0.3 is 0 Å². The molecular weight excluding hydrogens is 383 g/mol. The van der Waals surface area contributed by atoms with Gasteiger partial charge in [0.05, 0.1) is 0 Å².